The predicted octanol–water partition coefficient (Wildman–Crippen LogP) is 3.37. The maximum Gasteiger partial charge on any atom is 0.253 e. The highest BCUT2D eigenvalue weighted by molar-refractivity contribution is 5.94. The third kappa shape index (κ3) is 4.90. The van der Waals surface area contributed by atoms with Crippen molar-refractivity contribution in [1.82, 2.24) is 10.3 Å². The van der Waals surface area contributed by atoms with Gasteiger partial charge < -0.3 is 15.0 Å². The molecule has 29 heavy (non-hydrogen) atoms. The molecule has 0 aliphatic rings. The summed E-state index contributed by atoms with van der Waals surface area (Å²) in [4.78, 5) is 27.2. The number of hydrogen-bond acceptors (Lipinski definition) is 4. The number of benzene rings is 2. The summed E-state index contributed by atoms with van der Waals surface area (Å²) in [5, 5.41) is 11.9. The Morgan fingerprint density at radius 2 is 1.86 bits per heavy atom. The molecule has 146 valence electrons. The third-order valence-corrected chi connectivity index (χ3v) is 4.54. The summed E-state index contributed by atoms with van der Waals surface area (Å²) in [5.74, 6) is 0.266. The molecule has 1 amide bonds. The van der Waals surface area contributed by atoms with Crippen LogP contribution in [0.2, 0.25) is 0 Å². The minimum atomic E-state index is -0.258. The molecule has 0 saturated heterocycles. The first kappa shape index (κ1) is 19.9. The van der Waals surface area contributed by atoms with Crippen LogP contribution in [0, 0.1) is 25.2 Å². The number of aromatic nitrogens is 1. The quantitative estimate of drug-likeness (QED) is 0.678. The van der Waals surface area contributed by atoms with Crippen LogP contribution in [-0.2, 0) is 13.2 Å². The molecule has 1 heterocycles. The second kappa shape index (κ2) is 8.89. The lowest BCUT2D eigenvalue weighted by molar-refractivity contribution is 0.0950. The van der Waals surface area contributed by atoms with Crippen LogP contribution in [0.5, 0.6) is 5.75 Å². The van der Waals surface area contributed by atoms with Crippen molar-refractivity contribution in [3.63, 3.8) is 0 Å². The molecule has 6 nitrogen and oxygen atoms in total. The second-order valence-electron chi connectivity index (χ2n) is 6.72. The van der Waals surface area contributed by atoms with Gasteiger partial charge in [0.25, 0.3) is 11.5 Å². The number of pyridine rings is 1. The summed E-state index contributed by atoms with van der Waals surface area (Å²) in [7, 11) is 0. The Morgan fingerprint density at radius 3 is 2.55 bits per heavy atom. The van der Waals surface area contributed by atoms with E-state index in [-0.39, 0.29) is 18.0 Å². The van der Waals surface area contributed by atoms with E-state index >= 15 is 0 Å². The Kier molecular flexibility index (Phi) is 6.10. The van der Waals surface area contributed by atoms with Crippen LogP contribution in [0.1, 0.15) is 38.3 Å². The Morgan fingerprint density at radius 1 is 1.14 bits per heavy atom. The lowest BCUT2D eigenvalue weighted by Gasteiger charge is -2.10. The zero-order chi connectivity index (χ0) is 20.8. The van der Waals surface area contributed by atoms with E-state index < -0.39 is 0 Å². The molecule has 3 aromatic rings. The van der Waals surface area contributed by atoms with E-state index in [1.54, 1.807) is 42.5 Å². The van der Waals surface area contributed by atoms with Crippen LogP contribution in [0.25, 0.3) is 0 Å². The molecule has 2 N–H and O–H groups in total. The molecule has 0 spiro atoms. The summed E-state index contributed by atoms with van der Waals surface area (Å²) in [5.41, 5.74) is 3.84. The number of amides is 1. The van der Waals surface area contributed by atoms with E-state index in [1.807, 2.05) is 26.0 Å². The van der Waals surface area contributed by atoms with Gasteiger partial charge in [-0.2, -0.15) is 5.26 Å². The zero-order valence-corrected chi connectivity index (χ0v) is 16.3. The summed E-state index contributed by atoms with van der Waals surface area (Å²) in [6, 6.07) is 18.0. The number of nitriles is 1. The summed E-state index contributed by atoms with van der Waals surface area (Å²) < 4.78 is 5.69. The number of para-hydroxylation sites is 1. The largest absolute Gasteiger partial charge is 0.488 e. The van der Waals surface area contributed by atoms with Gasteiger partial charge in [-0.15, -0.1) is 0 Å². The van der Waals surface area contributed by atoms with Gasteiger partial charge in [-0.3, -0.25) is 9.59 Å². The number of nitrogens with zero attached hydrogens (tertiary/aromatic N) is 1. The number of aryl methyl sites for hydroxylation is 2. The third-order valence-electron chi connectivity index (χ3n) is 4.54. The SMILES string of the molecule is Cc1cc(C)c(CNC(=O)c2ccc(COc3ccccc3C#N)cc2)c(=O)[nH]1. The van der Waals surface area contributed by atoms with E-state index in [4.69, 9.17) is 10.00 Å². The minimum absolute atomic E-state index is 0.163. The van der Waals surface area contributed by atoms with Gasteiger partial charge in [-0.1, -0.05) is 24.3 Å². The first-order valence-electron chi connectivity index (χ1n) is 9.16. The van der Waals surface area contributed by atoms with Crippen LogP contribution in [0.4, 0.5) is 0 Å². The molecule has 0 unspecified atom stereocenters. The van der Waals surface area contributed by atoms with Gasteiger partial charge in [0.1, 0.15) is 18.4 Å². The number of hydrogen-bond donors (Lipinski definition) is 2. The topological polar surface area (TPSA) is 95.0 Å². The second-order valence-corrected chi connectivity index (χ2v) is 6.72. The van der Waals surface area contributed by atoms with E-state index in [9.17, 15) is 9.59 Å². The summed E-state index contributed by atoms with van der Waals surface area (Å²) in [6.07, 6.45) is 0. The number of aromatic amines is 1. The Labute approximate surface area is 168 Å². The fourth-order valence-corrected chi connectivity index (χ4v) is 2.97. The van der Waals surface area contributed by atoms with Crippen molar-refractivity contribution in [2.75, 3.05) is 0 Å². The fourth-order valence-electron chi connectivity index (χ4n) is 2.97. The van der Waals surface area contributed by atoms with E-state index in [0.29, 0.717) is 29.0 Å². The number of carbonyl (C=O) groups is 1. The normalized spacial score (nSPS) is 10.2. The van der Waals surface area contributed by atoms with Crippen molar-refractivity contribution in [3.05, 3.63) is 98.5 Å². The van der Waals surface area contributed by atoms with E-state index in [0.717, 1.165) is 16.8 Å². The molecule has 0 aliphatic carbocycles. The van der Waals surface area contributed by atoms with E-state index in [1.165, 1.54) is 0 Å². The van der Waals surface area contributed by atoms with Gasteiger partial charge in [0, 0.05) is 23.4 Å². The average molecular weight is 387 g/mol. The molecule has 2 aromatic carbocycles. The average Bonchev–Trinajstić information content (AvgIpc) is 2.72. The van der Waals surface area contributed by atoms with Crippen LogP contribution in [0.3, 0.4) is 0 Å². The molecule has 1 aromatic heterocycles. The fraction of sp³-hybridized carbons (Fsp3) is 0.174. The molecule has 0 atom stereocenters. The standard InChI is InChI=1S/C23H21N3O3/c1-15-11-16(2)26-23(28)20(15)13-25-22(27)18-9-7-17(8-10-18)14-29-21-6-4-3-5-19(21)12-24/h3-11H,13-14H2,1-2H3,(H,25,27)(H,26,28). The van der Waals surface area contributed by atoms with Gasteiger partial charge in [0.2, 0.25) is 0 Å². The van der Waals surface area contributed by atoms with Crippen molar-refractivity contribution in [1.29, 1.82) is 5.26 Å². The van der Waals surface area contributed by atoms with Gasteiger partial charge in [-0.25, -0.2) is 0 Å². The number of ether oxygens (including phenoxy) is 1. The zero-order valence-electron chi connectivity index (χ0n) is 16.3. The number of nitrogens with one attached hydrogen (secondary N) is 2. The molecule has 0 aliphatic heterocycles. The molecular weight excluding hydrogens is 366 g/mol. The van der Waals surface area contributed by atoms with Gasteiger partial charge in [0.05, 0.1) is 5.56 Å². The van der Waals surface area contributed by atoms with E-state index in [2.05, 4.69) is 16.4 Å². The van der Waals surface area contributed by atoms with Gasteiger partial charge in [0.15, 0.2) is 0 Å². The van der Waals surface area contributed by atoms with Crippen molar-refractivity contribution in [2.24, 2.45) is 0 Å². The number of rotatable bonds is 6. The maximum absolute atomic E-state index is 12.4. The minimum Gasteiger partial charge on any atom is -0.488 e. The van der Waals surface area contributed by atoms with Crippen LogP contribution >= 0.6 is 0 Å². The molecule has 0 bridgehead atoms. The Hall–Kier alpha value is -3.85. The molecular formula is C23H21N3O3. The molecule has 3 rings (SSSR count). The first-order chi connectivity index (χ1) is 14.0. The smallest absolute Gasteiger partial charge is 0.253 e. The Bertz CT molecular complexity index is 1130. The molecule has 6 heteroatoms. The monoisotopic (exact) mass is 387 g/mol. The van der Waals surface area contributed by atoms with Crippen LogP contribution < -0.4 is 15.6 Å². The molecule has 0 fully saturated rings. The number of carbonyl (C=O) groups excluding carboxylic acids is 1. The molecule has 0 saturated carbocycles. The van der Waals surface area contributed by atoms with Crippen molar-refractivity contribution < 1.29 is 9.53 Å². The maximum atomic E-state index is 12.4. The lowest BCUT2D eigenvalue weighted by atomic mass is 10.1. The summed E-state index contributed by atoms with van der Waals surface area (Å²) in [6.45, 7) is 4.12. The predicted molar refractivity (Wildman–Crippen MR) is 110 cm³/mol. The van der Waals surface area contributed by atoms with Crippen molar-refractivity contribution in [3.8, 4) is 11.8 Å². The highest BCUT2D eigenvalue weighted by atomic mass is 16.5. The lowest BCUT2D eigenvalue weighted by Crippen LogP contribution is -2.27. The number of H-pyrrole nitrogens is 1. The van der Waals surface area contributed by atoms with Gasteiger partial charge >= 0.3 is 0 Å². The highest BCUT2D eigenvalue weighted by Crippen LogP contribution is 2.18. The Balaban J connectivity index is 1.60. The molecule has 0 radical (unpaired) electrons. The van der Waals surface area contributed by atoms with Crippen molar-refractivity contribution in [2.45, 2.75) is 27.0 Å². The first-order valence-corrected chi connectivity index (χ1v) is 9.16. The van der Waals surface area contributed by atoms with Crippen molar-refractivity contribution >= 4 is 5.91 Å². The summed E-state index contributed by atoms with van der Waals surface area (Å²) >= 11 is 0. The highest BCUT2D eigenvalue weighted by Gasteiger charge is 2.10. The van der Waals surface area contributed by atoms with Gasteiger partial charge in [-0.05, 0) is 55.3 Å². The van der Waals surface area contributed by atoms with Crippen LogP contribution in [0.15, 0.2) is 59.4 Å². The van der Waals surface area contributed by atoms with Crippen LogP contribution in [-0.4, -0.2) is 10.9 Å².